The lowest BCUT2D eigenvalue weighted by Gasteiger charge is -2.17. The smallest absolute Gasteiger partial charge is 0.164 e. The molecule has 3 aromatic heterocycles. The SMILES string of the molecule is C1=CC(c2nc(-c3ccccc3)nc(-c3cccc4oc5c(-c6ccccc6)cccc5c34)n2)CC=C1c1ccc(-c2cccc3c2sc2ccccc23)cc1. The first-order chi connectivity index (χ1) is 27.7. The number of aromatic nitrogens is 3. The van der Waals surface area contributed by atoms with Crippen molar-refractivity contribution in [3.05, 3.63) is 193 Å². The van der Waals surface area contributed by atoms with Gasteiger partial charge in [-0.3, -0.25) is 0 Å². The Morgan fingerprint density at radius 2 is 1.14 bits per heavy atom. The van der Waals surface area contributed by atoms with Crippen LogP contribution in [0.25, 0.3) is 92.7 Å². The van der Waals surface area contributed by atoms with Gasteiger partial charge in [0.1, 0.15) is 17.0 Å². The van der Waals surface area contributed by atoms with Gasteiger partial charge in [-0.25, -0.2) is 15.0 Å². The van der Waals surface area contributed by atoms with Crippen LogP contribution in [0.2, 0.25) is 0 Å². The zero-order valence-electron chi connectivity index (χ0n) is 30.3. The van der Waals surface area contributed by atoms with E-state index in [0.29, 0.717) is 11.6 Å². The average Bonchev–Trinajstić information content (AvgIpc) is 3.86. The van der Waals surface area contributed by atoms with Crippen molar-refractivity contribution < 1.29 is 4.42 Å². The number of allylic oxidation sites excluding steroid dienone is 4. The molecule has 0 saturated heterocycles. The Kier molecular flexibility index (Phi) is 7.78. The lowest BCUT2D eigenvalue weighted by molar-refractivity contribution is 0.670. The van der Waals surface area contributed by atoms with Crippen LogP contribution in [0.15, 0.2) is 186 Å². The van der Waals surface area contributed by atoms with E-state index in [2.05, 4.69) is 146 Å². The summed E-state index contributed by atoms with van der Waals surface area (Å²) >= 11 is 1.87. The summed E-state index contributed by atoms with van der Waals surface area (Å²) in [6.07, 6.45) is 7.56. The summed E-state index contributed by atoms with van der Waals surface area (Å²) in [6.45, 7) is 0. The fourth-order valence-electron chi connectivity index (χ4n) is 8.12. The first-order valence-electron chi connectivity index (χ1n) is 19.0. The van der Waals surface area contributed by atoms with Gasteiger partial charge in [0.2, 0.25) is 0 Å². The summed E-state index contributed by atoms with van der Waals surface area (Å²) in [5, 5.41) is 4.69. The lowest BCUT2D eigenvalue weighted by atomic mass is 9.91. The van der Waals surface area contributed by atoms with Gasteiger partial charge in [-0.05, 0) is 46.4 Å². The van der Waals surface area contributed by atoms with E-state index < -0.39 is 0 Å². The number of fused-ring (bicyclic) bond motifs is 6. The Morgan fingerprint density at radius 1 is 0.500 bits per heavy atom. The molecule has 0 saturated carbocycles. The number of rotatable bonds is 6. The summed E-state index contributed by atoms with van der Waals surface area (Å²) < 4.78 is 9.25. The molecule has 0 fully saturated rings. The van der Waals surface area contributed by atoms with Gasteiger partial charge < -0.3 is 4.42 Å². The first kappa shape index (κ1) is 32.5. The van der Waals surface area contributed by atoms with E-state index in [0.717, 1.165) is 56.4 Å². The van der Waals surface area contributed by atoms with E-state index in [-0.39, 0.29) is 5.92 Å². The van der Waals surface area contributed by atoms with Crippen molar-refractivity contribution >= 4 is 59.0 Å². The van der Waals surface area contributed by atoms with Crippen molar-refractivity contribution in [3.63, 3.8) is 0 Å². The van der Waals surface area contributed by atoms with Gasteiger partial charge in [0.15, 0.2) is 11.6 Å². The van der Waals surface area contributed by atoms with E-state index in [4.69, 9.17) is 19.4 Å². The topological polar surface area (TPSA) is 51.8 Å². The van der Waals surface area contributed by atoms with Crippen LogP contribution in [0.3, 0.4) is 0 Å². The molecule has 0 N–H and O–H groups in total. The number of benzene rings is 7. The molecule has 4 nitrogen and oxygen atoms in total. The van der Waals surface area contributed by atoms with Crippen LogP contribution in [0.1, 0.15) is 23.7 Å². The molecule has 5 heteroatoms. The molecule has 3 heterocycles. The van der Waals surface area contributed by atoms with Crippen LogP contribution < -0.4 is 0 Å². The first-order valence-corrected chi connectivity index (χ1v) is 19.8. The van der Waals surface area contributed by atoms with Crippen LogP contribution in [-0.2, 0) is 0 Å². The van der Waals surface area contributed by atoms with Gasteiger partial charge in [0.25, 0.3) is 0 Å². The number of furan rings is 1. The van der Waals surface area contributed by atoms with Crippen LogP contribution in [0.4, 0.5) is 0 Å². The van der Waals surface area contributed by atoms with E-state index in [1.165, 1.54) is 42.4 Å². The minimum atomic E-state index is -0.00206. The highest BCUT2D eigenvalue weighted by Crippen LogP contribution is 2.42. The molecule has 10 aromatic rings. The summed E-state index contributed by atoms with van der Waals surface area (Å²) in [5.74, 6) is 2.05. The Balaban J connectivity index is 0.944. The fraction of sp³-hybridized carbons (Fsp3) is 0.0392. The van der Waals surface area contributed by atoms with Crippen LogP contribution >= 0.6 is 11.3 Å². The highest BCUT2D eigenvalue weighted by molar-refractivity contribution is 7.26. The van der Waals surface area contributed by atoms with Crippen LogP contribution in [0, 0.1) is 0 Å². The number of nitrogens with zero attached hydrogens (tertiary/aromatic N) is 3. The molecule has 0 bridgehead atoms. The van der Waals surface area contributed by atoms with Crippen molar-refractivity contribution in [3.8, 4) is 45.0 Å². The second-order valence-electron chi connectivity index (χ2n) is 14.3. The van der Waals surface area contributed by atoms with E-state index in [9.17, 15) is 0 Å². The summed E-state index contributed by atoms with van der Waals surface area (Å²) in [4.78, 5) is 15.4. The van der Waals surface area contributed by atoms with Gasteiger partial charge in [0, 0.05) is 53.6 Å². The second kappa shape index (κ2) is 13.4. The van der Waals surface area contributed by atoms with Gasteiger partial charge >= 0.3 is 0 Å². The summed E-state index contributed by atoms with van der Waals surface area (Å²) in [5.41, 5.74) is 10.6. The normalized spacial score (nSPS) is 14.2. The number of thiophene rings is 1. The monoisotopic (exact) mass is 735 g/mol. The number of hydrogen-bond acceptors (Lipinski definition) is 5. The highest BCUT2D eigenvalue weighted by atomic mass is 32.1. The molecular formula is C51H33N3OS. The van der Waals surface area contributed by atoms with Gasteiger partial charge in [-0.1, -0.05) is 170 Å². The molecule has 0 radical (unpaired) electrons. The van der Waals surface area contributed by atoms with Gasteiger partial charge in [-0.2, -0.15) is 0 Å². The molecule has 1 atom stereocenters. The maximum atomic E-state index is 6.59. The van der Waals surface area contributed by atoms with Crippen molar-refractivity contribution in [2.75, 3.05) is 0 Å². The van der Waals surface area contributed by atoms with E-state index in [1.807, 2.05) is 47.7 Å². The molecule has 11 rings (SSSR count). The molecule has 1 aliphatic carbocycles. The predicted molar refractivity (Wildman–Crippen MR) is 233 cm³/mol. The molecule has 0 amide bonds. The Bertz CT molecular complexity index is 3160. The maximum absolute atomic E-state index is 6.59. The van der Waals surface area contributed by atoms with Crippen molar-refractivity contribution in [2.45, 2.75) is 12.3 Å². The quantitative estimate of drug-likeness (QED) is 0.171. The van der Waals surface area contributed by atoms with Crippen LogP contribution in [0.5, 0.6) is 0 Å². The third-order valence-electron chi connectivity index (χ3n) is 10.9. The summed E-state index contributed by atoms with van der Waals surface area (Å²) in [6, 6.07) is 57.4. The molecule has 0 aliphatic heterocycles. The minimum Gasteiger partial charge on any atom is -0.455 e. The third kappa shape index (κ3) is 5.55. The van der Waals surface area contributed by atoms with Crippen molar-refractivity contribution in [1.82, 2.24) is 15.0 Å². The Labute approximate surface area is 327 Å². The molecular weight excluding hydrogens is 703 g/mol. The van der Waals surface area contributed by atoms with E-state index >= 15 is 0 Å². The zero-order valence-corrected chi connectivity index (χ0v) is 31.1. The Hall–Kier alpha value is -6.95. The molecule has 264 valence electrons. The zero-order chi connectivity index (χ0) is 37.0. The van der Waals surface area contributed by atoms with Crippen molar-refractivity contribution in [1.29, 1.82) is 0 Å². The molecule has 56 heavy (non-hydrogen) atoms. The van der Waals surface area contributed by atoms with Gasteiger partial charge in [0.05, 0.1) is 0 Å². The largest absolute Gasteiger partial charge is 0.455 e. The van der Waals surface area contributed by atoms with Gasteiger partial charge in [-0.15, -0.1) is 11.3 Å². The minimum absolute atomic E-state index is 0.00206. The summed E-state index contributed by atoms with van der Waals surface area (Å²) in [7, 11) is 0. The third-order valence-corrected chi connectivity index (χ3v) is 12.1. The molecule has 0 spiro atoms. The molecule has 1 unspecified atom stereocenters. The Morgan fingerprint density at radius 3 is 1.95 bits per heavy atom. The highest BCUT2D eigenvalue weighted by Gasteiger charge is 2.22. The number of hydrogen-bond donors (Lipinski definition) is 0. The average molecular weight is 736 g/mol. The number of para-hydroxylation sites is 1. The second-order valence-corrected chi connectivity index (χ2v) is 15.3. The lowest BCUT2D eigenvalue weighted by Crippen LogP contribution is -2.08. The standard InChI is InChI=1S/C51H33N3OS/c1-3-12-34(13-4-1)38-17-9-20-42-46-43(21-11-22-44(46)55-47(38)42)51-53-49(36-14-5-2-6-15-36)52-50(54-51)37-30-26-33(27-31-37)32-24-28-35(29-25-32)39-18-10-19-41-40-16-7-8-23-45(40)56-48(39)41/h1-30,37H,31H2. The van der Waals surface area contributed by atoms with Crippen LogP contribution in [-0.4, -0.2) is 15.0 Å². The van der Waals surface area contributed by atoms with Crippen molar-refractivity contribution in [2.24, 2.45) is 0 Å². The predicted octanol–water partition coefficient (Wildman–Crippen LogP) is 13.9. The fourth-order valence-corrected chi connectivity index (χ4v) is 9.36. The molecule has 1 aliphatic rings. The molecule has 7 aromatic carbocycles. The van der Waals surface area contributed by atoms with E-state index in [1.54, 1.807) is 0 Å². The maximum Gasteiger partial charge on any atom is 0.164 e.